The summed E-state index contributed by atoms with van der Waals surface area (Å²) in [4.78, 5) is 22.3. The summed E-state index contributed by atoms with van der Waals surface area (Å²) in [5.41, 5.74) is 5.90. The molecule has 1 fully saturated rings. The molecule has 248 valence electrons. The Kier molecular flexibility index (Phi) is 17.2. The number of benzene rings is 1. The molecule has 0 bridgehead atoms. The van der Waals surface area contributed by atoms with Crippen LogP contribution in [0.3, 0.4) is 0 Å². The Balaban J connectivity index is 0.000000387. The van der Waals surface area contributed by atoms with Gasteiger partial charge in [-0.05, 0) is 43.7 Å². The van der Waals surface area contributed by atoms with Gasteiger partial charge in [0.1, 0.15) is 24.9 Å². The average molecular weight is 619 g/mol. The largest absolute Gasteiger partial charge is 0.500 e. The van der Waals surface area contributed by atoms with Gasteiger partial charge in [0.25, 0.3) is 5.91 Å². The normalized spacial score (nSPS) is 13.9. The summed E-state index contributed by atoms with van der Waals surface area (Å²) in [7, 11) is 5.59. The predicted octanol–water partition coefficient (Wildman–Crippen LogP) is 9.66. The highest BCUT2D eigenvalue weighted by Crippen LogP contribution is 2.24. The minimum absolute atomic E-state index is 0.222. The molecule has 3 aromatic rings. The summed E-state index contributed by atoms with van der Waals surface area (Å²) in [6.07, 6.45) is 18.5. The van der Waals surface area contributed by atoms with Gasteiger partial charge in [-0.25, -0.2) is 9.56 Å². The highest BCUT2D eigenvalue weighted by molar-refractivity contribution is 6.10. The highest BCUT2D eigenvalue weighted by atomic mass is 16.5. The molecule has 0 spiro atoms. The van der Waals surface area contributed by atoms with E-state index in [4.69, 9.17) is 4.74 Å². The second-order valence-corrected chi connectivity index (χ2v) is 12.2. The Morgan fingerprint density at radius 2 is 1.53 bits per heavy atom. The maximum atomic E-state index is 13.1. The zero-order valence-corrected chi connectivity index (χ0v) is 29.8. The summed E-state index contributed by atoms with van der Waals surface area (Å²) < 4.78 is 9.56. The lowest BCUT2D eigenvalue weighted by molar-refractivity contribution is -0.492. The second-order valence-electron chi connectivity index (χ2n) is 12.2. The summed E-state index contributed by atoms with van der Waals surface area (Å²) in [5, 5.41) is 2.94. The van der Waals surface area contributed by atoms with Crippen molar-refractivity contribution in [2.45, 2.75) is 119 Å². The van der Waals surface area contributed by atoms with Crippen molar-refractivity contribution in [3.05, 3.63) is 58.6 Å². The van der Waals surface area contributed by atoms with Gasteiger partial charge in [0.15, 0.2) is 6.21 Å². The Labute approximate surface area is 273 Å². The Morgan fingerprint density at radius 3 is 2.09 bits per heavy atom. The minimum atomic E-state index is -0.222. The first-order chi connectivity index (χ1) is 21.7. The van der Waals surface area contributed by atoms with E-state index in [1.54, 1.807) is 19.2 Å². The minimum Gasteiger partial charge on any atom is -0.500 e. The summed E-state index contributed by atoms with van der Waals surface area (Å²) in [6.45, 7) is 13.6. The second kappa shape index (κ2) is 20.5. The molecule has 1 aliphatic carbocycles. The molecule has 0 unspecified atom stereocenters. The van der Waals surface area contributed by atoms with Gasteiger partial charge in [-0.3, -0.25) is 15.1 Å². The van der Waals surface area contributed by atoms with Crippen LogP contribution in [0, 0.1) is 13.8 Å². The zero-order valence-electron chi connectivity index (χ0n) is 29.8. The SMILES string of the molecule is C1CCCC1.CCCC.CCCCCC.COC1=C(c2cc(C(=O)Nc3nc4ccc(C)cc4n3C)cc(C)n2)C=[N+](C)CC1. The van der Waals surface area contributed by atoms with Crippen LogP contribution in [-0.2, 0) is 11.8 Å². The van der Waals surface area contributed by atoms with Crippen LogP contribution < -0.4 is 5.32 Å². The van der Waals surface area contributed by atoms with Crippen molar-refractivity contribution in [1.82, 2.24) is 14.5 Å². The topological polar surface area (TPSA) is 72.0 Å². The average Bonchev–Trinajstić information content (AvgIpc) is 3.73. The van der Waals surface area contributed by atoms with Crippen LogP contribution in [0.1, 0.15) is 132 Å². The van der Waals surface area contributed by atoms with Crippen molar-refractivity contribution in [3.63, 3.8) is 0 Å². The molecule has 3 heterocycles. The van der Waals surface area contributed by atoms with Gasteiger partial charge in [0, 0.05) is 18.3 Å². The van der Waals surface area contributed by atoms with Gasteiger partial charge in [-0.2, -0.15) is 0 Å². The van der Waals surface area contributed by atoms with Gasteiger partial charge in [-0.1, -0.05) is 104 Å². The fourth-order valence-electron chi connectivity index (χ4n) is 5.10. The first kappa shape index (κ1) is 37.7. The lowest BCUT2D eigenvalue weighted by atomic mass is 10.0. The molecule has 7 nitrogen and oxygen atoms in total. The predicted molar refractivity (Wildman–Crippen MR) is 192 cm³/mol. The number of rotatable bonds is 8. The number of pyridine rings is 1. The smallest absolute Gasteiger partial charge is 0.258 e. The van der Waals surface area contributed by atoms with E-state index in [-0.39, 0.29) is 5.91 Å². The van der Waals surface area contributed by atoms with E-state index in [1.165, 1.54) is 70.6 Å². The summed E-state index contributed by atoms with van der Waals surface area (Å²) >= 11 is 0. The number of amides is 1. The van der Waals surface area contributed by atoms with E-state index in [9.17, 15) is 4.79 Å². The van der Waals surface area contributed by atoms with Crippen molar-refractivity contribution in [2.24, 2.45) is 7.05 Å². The maximum Gasteiger partial charge on any atom is 0.258 e. The number of unbranched alkanes of at least 4 members (excludes halogenated alkanes) is 4. The van der Waals surface area contributed by atoms with E-state index in [2.05, 4.69) is 53.6 Å². The molecular formula is C38H60N5O2+. The van der Waals surface area contributed by atoms with Crippen LogP contribution in [0.15, 0.2) is 36.1 Å². The molecule has 1 saturated carbocycles. The Bertz CT molecular complexity index is 1390. The summed E-state index contributed by atoms with van der Waals surface area (Å²) in [6, 6.07) is 9.62. The lowest BCUT2D eigenvalue weighted by Gasteiger charge is -2.15. The van der Waals surface area contributed by atoms with Gasteiger partial charge in [0.05, 0.1) is 30.3 Å². The molecule has 2 aromatic heterocycles. The third-order valence-electron chi connectivity index (χ3n) is 8.05. The maximum absolute atomic E-state index is 13.1. The van der Waals surface area contributed by atoms with Gasteiger partial charge in [-0.15, -0.1) is 0 Å². The van der Waals surface area contributed by atoms with E-state index in [1.807, 2.05) is 50.9 Å². The number of aryl methyl sites for hydroxylation is 3. The highest BCUT2D eigenvalue weighted by Gasteiger charge is 2.22. The number of aromatic nitrogens is 3. The molecule has 45 heavy (non-hydrogen) atoms. The van der Waals surface area contributed by atoms with Crippen LogP contribution in [0.5, 0.6) is 0 Å². The molecule has 0 saturated heterocycles. The van der Waals surface area contributed by atoms with Crippen LogP contribution in [-0.4, -0.2) is 51.9 Å². The Hall–Kier alpha value is -3.48. The number of carbonyl (C=O) groups excluding carboxylic acids is 1. The molecule has 1 aromatic carbocycles. The third-order valence-corrected chi connectivity index (χ3v) is 8.05. The van der Waals surface area contributed by atoms with Crippen LogP contribution in [0.25, 0.3) is 16.6 Å². The van der Waals surface area contributed by atoms with Gasteiger partial charge < -0.3 is 9.30 Å². The van der Waals surface area contributed by atoms with Crippen molar-refractivity contribution < 1.29 is 14.1 Å². The van der Waals surface area contributed by atoms with E-state index < -0.39 is 0 Å². The number of allylic oxidation sites excluding steroid dienone is 1. The number of nitrogens with one attached hydrogen (secondary N) is 1. The van der Waals surface area contributed by atoms with Gasteiger partial charge in [0.2, 0.25) is 5.95 Å². The molecule has 1 N–H and O–H groups in total. The molecule has 1 aliphatic heterocycles. The number of imidazole rings is 1. The molecule has 2 aliphatic rings. The van der Waals surface area contributed by atoms with Crippen LogP contribution in [0.2, 0.25) is 0 Å². The first-order valence-electron chi connectivity index (χ1n) is 17.2. The quantitative estimate of drug-likeness (QED) is 0.202. The van der Waals surface area contributed by atoms with Crippen molar-refractivity contribution in [2.75, 3.05) is 26.0 Å². The molecule has 0 radical (unpaired) electrons. The van der Waals surface area contributed by atoms with Crippen molar-refractivity contribution in [3.8, 4) is 0 Å². The van der Waals surface area contributed by atoms with E-state index >= 15 is 0 Å². The van der Waals surface area contributed by atoms with E-state index in [0.717, 1.165) is 52.3 Å². The molecule has 1 amide bonds. The number of ether oxygens (including phenoxy) is 1. The molecular weight excluding hydrogens is 558 g/mol. The van der Waals surface area contributed by atoms with Crippen molar-refractivity contribution in [1.29, 1.82) is 0 Å². The zero-order chi connectivity index (χ0) is 33.2. The van der Waals surface area contributed by atoms with Crippen molar-refractivity contribution >= 4 is 34.7 Å². The molecule has 7 heteroatoms. The first-order valence-corrected chi connectivity index (χ1v) is 17.2. The lowest BCUT2D eigenvalue weighted by Crippen LogP contribution is -2.19. The standard InChI is InChI=1S/C23H25N5O2.C6H14.C5H10.C4H10/c1-14-6-7-18-20(10-14)28(4)23(25-18)26-22(29)16-11-15(2)24-19(12-16)17-13-27(3)9-8-21(17)30-5;1-3-5-6-4-2;1-2-4-5-3-1;1-3-4-2/h6-7,10-13H,8-9H2,1-5H3;3-6H2,1-2H3;1-5H2;3-4H2,1-2H3/p+1. The van der Waals surface area contributed by atoms with Gasteiger partial charge >= 0.3 is 0 Å². The Morgan fingerprint density at radius 1 is 0.911 bits per heavy atom. The monoisotopic (exact) mass is 618 g/mol. The number of anilines is 1. The number of hydrogen-bond donors (Lipinski definition) is 1. The fourth-order valence-corrected chi connectivity index (χ4v) is 5.10. The third kappa shape index (κ3) is 12.4. The number of nitrogens with zero attached hydrogens (tertiary/aromatic N) is 4. The molecule has 0 atom stereocenters. The number of carbonyl (C=O) groups is 1. The van der Waals surface area contributed by atoms with Crippen LogP contribution in [0.4, 0.5) is 5.95 Å². The number of hydrogen-bond acceptors (Lipinski definition) is 4. The molecule has 5 rings (SSSR count). The summed E-state index contributed by atoms with van der Waals surface area (Å²) in [5.74, 6) is 1.17. The fraction of sp³-hybridized carbons (Fsp3) is 0.579. The number of fused-ring (bicyclic) bond motifs is 1. The van der Waals surface area contributed by atoms with E-state index in [0.29, 0.717) is 11.5 Å². The number of methoxy groups -OCH3 is 1. The van der Waals surface area contributed by atoms with Crippen LogP contribution >= 0.6 is 0 Å².